The van der Waals surface area contributed by atoms with Gasteiger partial charge in [-0.05, 0) is 40.5 Å². The Balaban J connectivity index is 1.64. The molecule has 3 aliphatic rings. The SMILES string of the molecule is CC1(C)O[C@H]2[C@@H](O1)[C@@H](COCCCCBr)O[C@@H]1OC(C)(C)O[C@@H]12. The van der Waals surface area contributed by atoms with Crippen molar-refractivity contribution in [3.8, 4) is 0 Å². The lowest BCUT2D eigenvalue weighted by molar-refractivity contribution is -0.243. The van der Waals surface area contributed by atoms with Crippen LogP contribution in [0.5, 0.6) is 0 Å². The van der Waals surface area contributed by atoms with Gasteiger partial charge in [0.05, 0.1) is 6.61 Å². The van der Waals surface area contributed by atoms with Crippen LogP contribution in [0.1, 0.15) is 40.5 Å². The van der Waals surface area contributed by atoms with Gasteiger partial charge in [0.1, 0.15) is 24.4 Å². The zero-order valence-electron chi connectivity index (χ0n) is 14.2. The molecule has 0 bridgehead atoms. The standard InChI is InChI=1S/C16H27BrO6/c1-15(2)20-11-10(9-18-8-6-5-7-17)19-14-13(12(11)21-15)22-16(3,4)23-14/h10-14H,5-9H2,1-4H3/t10-,11+,12+,13-,14-/m1/s1. The van der Waals surface area contributed by atoms with Gasteiger partial charge < -0.3 is 28.4 Å². The Bertz CT molecular complexity index is 415. The summed E-state index contributed by atoms with van der Waals surface area (Å²) in [6.45, 7) is 8.77. The van der Waals surface area contributed by atoms with Gasteiger partial charge in [0.25, 0.3) is 0 Å². The van der Waals surface area contributed by atoms with E-state index in [1.165, 1.54) is 0 Å². The third-order valence-corrected chi connectivity index (χ3v) is 4.77. The fourth-order valence-electron chi connectivity index (χ4n) is 3.33. The maximum Gasteiger partial charge on any atom is 0.190 e. The largest absolute Gasteiger partial charge is 0.379 e. The minimum atomic E-state index is -0.679. The molecule has 0 unspecified atom stereocenters. The van der Waals surface area contributed by atoms with Crippen molar-refractivity contribution < 1.29 is 28.4 Å². The van der Waals surface area contributed by atoms with Crippen molar-refractivity contribution in [1.29, 1.82) is 0 Å². The summed E-state index contributed by atoms with van der Waals surface area (Å²) in [5.74, 6) is -1.33. The van der Waals surface area contributed by atoms with E-state index < -0.39 is 17.9 Å². The Morgan fingerprint density at radius 1 is 0.870 bits per heavy atom. The summed E-state index contributed by atoms with van der Waals surface area (Å²) < 4.78 is 35.8. The Morgan fingerprint density at radius 3 is 2.26 bits per heavy atom. The molecule has 3 aliphatic heterocycles. The molecule has 0 saturated carbocycles. The van der Waals surface area contributed by atoms with Gasteiger partial charge in [0, 0.05) is 11.9 Å². The minimum Gasteiger partial charge on any atom is -0.379 e. The molecular formula is C16H27BrO6. The average Bonchev–Trinajstić information content (AvgIpc) is 2.93. The second-order valence-electron chi connectivity index (χ2n) is 7.18. The van der Waals surface area contributed by atoms with Crippen molar-refractivity contribution in [2.45, 2.75) is 82.8 Å². The van der Waals surface area contributed by atoms with E-state index in [2.05, 4.69) is 15.9 Å². The molecule has 3 fully saturated rings. The van der Waals surface area contributed by atoms with E-state index in [1.54, 1.807) is 0 Å². The number of alkyl halides is 1. The molecule has 0 aromatic rings. The van der Waals surface area contributed by atoms with Crippen molar-refractivity contribution in [2.75, 3.05) is 18.5 Å². The van der Waals surface area contributed by atoms with Crippen LogP contribution in [-0.4, -0.2) is 60.8 Å². The number of hydrogen-bond donors (Lipinski definition) is 0. The first-order chi connectivity index (χ1) is 10.8. The minimum absolute atomic E-state index is 0.207. The normalized spacial score (nSPS) is 40.8. The molecule has 0 aliphatic carbocycles. The van der Waals surface area contributed by atoms with Crippen LogP contribution in [-0.2, 0) is 28.4 Å². The molecule has 0 radical (unpaired) electrons. The number of unbranched alkanes of at least 4 members (excludes halogenated alkanes) is 1. The third-order valence-electron chi connectivity index (χ3n) is 4.21. The van der Waals surface area contributed by atoms with E-state index in [0.717, 1.165) is 18.2 Å². The van der Waals surface area contributed by atoms with Gasteiger partial charge in [0.15, 0.2) is 17.9 Å². The molecule has 0 amide bonds. The predicted octanol–water partition coefficient (Wildman–Crippen LogP) is 2.57. The zero-order valence-corrected chi connectivity index (χ0v) is 15.8. The van der Waals surface area contributed by atoms with Crippen LogP contribution in [0.25, 0.3) is 0 Å². The predicted molar refractivity (Wildman–Crippen MR) is 86.4 cm³/mol. The first-order valence-electron chi connectivity index (χ1n) is 8.32. The van der Waals surface area contributed by atoms with Gasteiger partial charge in [-0.15, -0.1) is 0 Å². The Kier molecular flexibility index (Phi) is 5.38. The lowest BCUT2D eigenvalue weighted by Gasteiger charge is -2.37. The highest BCUT2D eigenvalue weighted by Crippen LogP contribution is 2.44. The van der Waals surface area contributed by atoms with E-state index in [9.17, 15) is 0 Å². The van der Waals surface area contributed by atoms with Crippen molar-refractivity contribution in [3.63, 3.8) is 0 Å². The van der Waals surface area contributed by atoms with Crippen molar-refractivity contribution in [1.82, 2.24) is 0 Å². The van der Waals surface area contributed by atoms with Gasteiger partial charge >= 0.3 is 0 Å². The molecule has 7 heteroatoms. The maximum atomic E-state index is 6.07. The Hall–Kier alpha value is 0.240. The van der Waals surface area contributed by atoms with E-state index in [1.807, 2.05) is 27.7 Å². The van der Waals surface area contributed by atoms with Crippen molar-refractivity contribution >= 4 is 15.9 Å². The number of hydrogen-bond acceptors (Lipinski definition) is 6. The maximum absolute atomic E-state index is 6.07. The van der Waals surface area contributed by atoms with Crippen molar-refractivity contribution in [3.05, 3.63) is 0 Å². The molecule has 134 valence electrons. The smallest absolute Gasteiger partial charge is 0.190 e. The zero-order chi connectivity index (χ0) is 16.7. The molecule has 6 nitrogen and oxygen atoms in total. The molecule has 3 rings (SSSR count). The Labute approximate surface area is 146 Å². The van der Waals surface area contributed by atoms with Crippen LogP contribution < -0.4 is 0 Å². The first kappa shape index (κ1) is 18.0. The van der Waals surface area contributed by atoms with Crippen LogP contribution in [0.15, 0.2) is 0 Å². The van der Waals surface area contributed by atoms with E-state index in [-0.39, 0.29) is 24.4 Å². The number of ether oxygens (including phenoxy) is 6. The molecule has 0 aromatic carbocycles. The summed E-state index contributed by atoms with van der Waals surface area (Å²) in [5.41, 5.74) is 0. The summed E-state index contributed by atoms with van der Waals surface area (Å²) >= 11 is 3.42. The number of halogens is 1. The molecular weight excluding hydrogens is 368 g/mol. The highest BCUT2D eigenvalue weighted by molar-refractivity contribution is 9.09. The topological polar surface area (TPSA) is 55.4 Å². The van der Waals surface area contributed by atoms with Crippen LogP contribution in [0.4, 0.5) is 0 Å². The summed E-state index contributed by atoms with van der Waals surface area (Å²) in [6, 6.07) is 0. The van der Waals surface area contributed by atoms with Gasteiger partial charge in [-0.1, -0.05) is 15.9 Å². The van der Waals surface area contributed by atoms with Crippen LogP contribution in [0, 0.1) is 0 Å². The van der Waals surface area contributed by atoms with Gasteiger partial charge in [-0.25, -0.2) is 0 Å². The summed E-state index contributed by atoms with van der Waals surface area (Å²) in [4.78, 5) is 0. The lowest BCUT2D eigenvalue weighted by atomic mass is 9.99. The summed E-state index contributed by atoms with van der Waals surface area (Å²) in [7, 11) is 0. The quantitative estimate of drug-likeness (QED) is 0.509. The molecule has 0 aromatic heterocycles. The van der Waals surface area contributed by atoms with E-state index in [0.29, 0.717) is 13.2 Å². The molecule has 0 N–H and O–H groups in total. The van der Waals surface area contributed by atoms with E-state index in [4.69, 9.17) is 28.4 Å². The van der Waals surface area contributed by atoms with Crippen LogP contribution in [0.3, 0.4) is 0 Å². The first-order valence-corrected chi connectivity index (χ1v) is 9.44. The monoisotopic (exact) mass is 394 g/mol. The fourth-order valence-corrected chi connectivity index (χ4v) is 3.72. The fraction of sp³-hybridized carbons (Fsp3) is 1.00. The molecule has 3 heterocycles. The summed E-state index contributed by atoms with van der Waals surface area (Å²) in [5, 5.41) is 0.996. The van der Waals surface area contributed by atoms with Gasteiger partial charge in [-0.3, -0.25) is 0 Å². The second kappa shape index (κ2) is 6.86. The highest BCUT2D eigenvalue weighted by atomic mass is 79.9. The van der Waals surface area contributed by atoms with Crippen LogP contribution >= 0.6 is 15.9 Å². The lowest BCUT2D eigenvalue weighted by Crippen LogP contribution is -2.56. The Morgan fingerprint density at radius 2 is 1.52 bits per heavy atom. The number of rotatable bonds is 6. The second-order valence-corrected chi connectivity index (χ2v) is 7.97. The third kappa shape index (κ3) is 4.08. The number of fused-ring (bicyclic) bond motifs is 3. The molecule has 3 saturated heterocycles. The molecule has 23 heavy (non-hydrogen) atoms. The average molecular weight is 395 g/mol. The van der Waals surface area contributed by atoms with Crippen molar-refractivity contribution in [2.24, 2.45) is 0 Å². The molecule has 0 spiro atoms. The highest BCUT2D eigenvalue weighted by Gasteiger charge is 2.60. The van der Waals surface area contributed by atoms with Gasteiger partial charge in [0.2, 0.25) is 0 Å². The van der Waals surface area contributed by atoms with Gasteiger partial charge in [-0.2, -0.15) is 0 Å². The van der Waals surface area contributed by atoms with E-state index >= 15 is 0 Å². The summed E-state index contributed by atoms with van der Waals surface area (Å²) in [6.07, 6.45) is 0.764. The molecule has 5 atom stereocenters. The van der Waals surface area contributed by atoms with Crippen LogP contribution in [0.2, 0.25) is 0 Å².